The normalized spacial score (nSPS) is 14.8. The maximum Gasteiger partial charge on any atom is 0.222 e. The number of halogens is 1. The maximum absolute atomic E-state index is 13.2. The van der Waals surface area contributed by atoms with Gasteiger partial charge < -0.3 is 14.5 Å². The predicted octanol–water partition coefficient (Wildman–Crippen LogP) is 6.71. The van der Waals surface area contributed by atoms with Crippen molar-refractivity contribution in [1.29, 1.82) is 0 Å². The lowest BCUT2D eigenvalue weighted by molar-refractivity contribution is -0.131. The molecule has 1 aliphatic rings. The summed E-state index contributed by atoms with van der Waals surface area (Å²) < 4.78 is 19.4. The number of hydrogen-bond donors (Lipinski definition) is 0. The van der Waals surface area contributed by atoms with E-state index in [4.69, 9.17) is 4.74 Å². The summed E-state index contributed by atoms with van der Waals surface area (Å²) >= 11 is 0. The van der Waals surface area contributed by atoms with Crippen LogP contribution < -0.4 is 9.64 Å². The summed E-state index contributed by atoms with van der Waals surface area (Å²) in [7, 11) is 0. The third-order valence-electron chi connectivity index (χ3n) is 7.87. The Morgan fingerprint density at radius 2 is 1.54 bits per heavy atom. The van der Waals surface area contributed by atoms with Gasteiger partial charge in [-0.2, -0.15) is 0 Å². The fourth-order valence-electron chi connectivity index (χ4n) is 4.43. The Hall–Kier alpha value is -2.56. The number of piperazine rings is 1. The van der Waals surface area contributed by atoms with Crippen LogP contribution in [0.2, 0.25) is 0 Å². The molecular weight excluding hydrogens is 439 g/mol. The fourth-order valence-corrected chi connectivity index (χ4v) is 4.43. The van der Waals surface area contributed by atoms with Crippen LogP contribution in [0.3, 0.4) is 0 Å². The van der Waals surface area contributed by atoms with Crippen molar-refractivity contribution in [2.75, 3.05) is 37.7 Å². The van der Waals surface area contributed by atoms with Crippen LogP contribution in [0, 0.1) is 5.82 Å². The molecule has 0 unspecified atom stereocenters. The summed E-state index contributed by atoms with van der Waals surface area (Å²) in [6.07, 6.45) is 3.30. The van der Waals surface area contributed by atoms with E-state index in [1.807, 2.05) is 4.90 Å². The van der Waals surface area contributed by atoms with E-state index in [-0.39, 0.29) is 22.6 Å². The Bertz CT molecular complexity index is 976. The minimum atomic E-state index is -0.226. The second-order valence-corrected chi connectivity index (χ2v) is 11.0. The topological polar surface area (TPSA) is 32.8 Å². The highest BCUT2D eigenvalue weighted by molar-refractivity contribution is 5.76. The van der Waals surface area contributed by atoms with Gasteiger partial charge in [0.05, 0.1) is 6.61 Å². The highest BCUT2D eigenvalue weighted by Crippen LogP contribution is 2.38. The SMILES string of the molecule is CCC(C)(C)c1ccc(OCCCC(=O)N2CCN(c3ccc(F)cc3)CC2)c(C(C)(C)CC)c1. The zero-order valence-corrected chi connectivity index (χ0v) is 22.5. The first-order valence-electron chi connectivity index (χ1n) is 13.1. The van der Waals surface area contributed by atoms with Crippen molar-refractivity contribution in [3.8, 4) is 5.75 Å². The molecule has 35 heavy (non-hydrogen) atoms. The van der Waals surface area contributed by atoms with Gasteiger partial charge in [-0.1, -0.05) is 53.7 Å². The largest absolute Gasteiger partial charge is 0.493 e. The minimum Gasteiger partial charge on any atom is -0.493 e. The highest BCUT2D eigenvalue weighted by Gasteiger charge is 2.27. The van der Waals surface area contributed by atoms with Crippen LogP contribution in [0.25, 0.3) is 0 Å². The van der Waals surface area contributed by atoms with Gasteiger partial charge in [0, 0.05) is 43.9 Å². The number of rotatable bonds is 10. The van der Waals surface area contributed by atoms with Crippen molar-refractivity contribution in [2.24, 2.45) is 0 Å². The molecule has 1 aliphatic heterocycles. The lowest BCUT2D eigenvalue weighted by atomic mass is 9.76. The molecule has 2 aromatic rings. The molecule has 0 aliphatic carbocycles. The Labute approximate surface area is 211 Å². The quantitative estimate of drug-likeness (QED) is 0.353. The molecule has 0 saturated carbocycles. The van der Waals surface area contributed by atoms with E-state index in [0.29, 0.717) is 32.5 Å². The van der Waals surface area contributed by atoms with Gasteiger partial charge in [0.1, 0.15) is 11.6 Å². The number of carbonyl (C=O) groups is 1. The molecule has 1 amide bonds. The molecule has 1 fully saturated rings. The molecule has 1 heterocycles. The van der Waals surface area contributed by atoms with Gasteiger partial charge in [0.15, 0.2) is 0 Å². The first-order valence-corrected chi connectivity index (χ1v) is 13.1. The summed E-state index contributed by atoms with van der Waals surface area (Å²) in [5.41, 5.74) is 3.76. The Morgan fingerprint density at radius 3 is 2.14 bits per heavy atom. The fraction of sp³-hybridized carbons (Fsp3) is 0.567. The third kappa shape index (κ3) is 6.77. The molecule has 2 aromatic carbocycles. The standard InChI is InChI=1S/C30H43FN2O2/c1-7-29(3,4)23-11-16-27(26(22-23)30(5,6)8-2)35-21-9-10-28(34)33-19-17-32(18-20-33)25-14-12-24(31)13-15-25/h11-16,22H,7-10,17-21H2,1-6H3. The number of ether oxygens (including phenoxy) is 1. The lowest BCUT2D eigenvalue weighted by Gasteiger charge is -2.36. The van der Waals surface area contributed by atoms with Crippen molar-refractivity contribution < 1.29 is 13.9 Å². The number of hydrogen-bond acceptors (Lipinski definition) is 3. The van der Waals surface area contributed by atoms with Gasteiger partial charge in [0.25, 0.3) is 0 Å². The second-order valence-electron chi connectivity index (χ2n) is 11.0. The minimum absolute atomic E-state index is 0.0230. The van der Waals surface area contributed by atoms with Gasteiger partial charge in [-0.25, -0.2) is 4.39 Å². The number of amides is 1. The van der Waals surface area contributed by atoms with Crippen LogP contribution in [0.5, 0.6) is 5.75 Å². The van der Waals surface area contributed by atoms with Crippen molar-refractivity contribution in [1.82, 2.24) is 4.90 Å². The van der Waals surface area contributed by atoms with E-state index in [2.05, 4.69) is 64.6 Å². The molecule has 192 valence electrons. The first kappa shape index (κ1) is 27.0. The lowest BCUT2D eigenvalue weighted by Crippen LogP contribution is -2.48. The molecule has 0 bridgehead atoms. The average molecular weight is 483 g/mol. The Kier molecular flexibility index (Phi) is 8.84. The van der Waals surface area contributed by atoms with Crippen LogP contribution in [0.4, 0.5) is 10.1 Å². The van der Waals surface area contributed by atoms with Crippen LogP contribution in [0.15, 0.2) is 42.5 Å². The van der Waals surface area contributed by atoms with E-state index in [1.54, 1.807) is 12.1 Å². The van der Waals surface area contributed by atoms with Crippen molar-refractivity contribution in [3.63, 3.8) is 0 Å². The summed E-state index contributed by atoms with van der Waals surface area (Å²) in [6, 6.07) is 13.2. The van der Waals surface area contributed by atoms with E-state index in [0.717, 1.165) is 37.4 Å². The van der Waals surface area contributed by atoms with Crippen molar-refractivity contribution in [2.45, 2.75) is 78.1 Å². The van der Waals surface area contributed by atoms with Gasteiger partial charge in [0.2, 0.25) is 5.91 Å². The second kappa shape index (κ2) is 11.5. The zero-order chi connectivity index (χ0) is 25.6. The molecular formula is C30H43FN2O2. The molecule has 4 nitrogen and oxygen atoms in total. The number of carbonyl (C=O) groups excluding carboxylic acids is 1. The average Bonchev–Trinajstić information content (AvgIpc) is 2.87. The molecule has 5 heteroatoms. The zero-order valence-electron chi connectivity index (χ0n) is 22.5. The van der Waals surface area contributed by atoms with Crippen LogP contribution in [-0.4, -0.2) is 43.6 Å². The Morgan fingerprint density at radius 1 is 0.914 bits per heavy atom. The van der Waals surface area contributed by atoms with Crippen molar-refractivity contribution in [3.05, 3.63) is 59.4 Å². The van der Waals surface area contributed by atoms with Gasteiger partial charge in [-0.3, -0.25) is 4.79 Å². The van der Waals surface area contributed by atoms with Gasteiger partial charge in [-0.05, 0) is 66.0 Å². The number of anilines is 1. The third-order valence-corrected chi connectivity index (χ3v) is 7.87. The smallest absolute Gasteiger partial charge is 0.222 e. The molecule has 1 saturated heterocycles. The van der Waals surface area contributed by atoms with Crippen LogP contribution >= 0.6 is 0 Å². The molecule has 3 rings (SSSR count). The molecule has 0 atom stereocenters. The van der Waals surface area contributed by atoms with Crippen molar-refractivity contribution >= 4 is 11.6 Å². The molecule has 0 N–H and O–H groups in total. The summed E-state index contributed by atoms with van der Waals surface area (Å²) in [4.78, 5) is 16.9. The molecule has 0 spiro atoms. The number of nitrogens with zero attached hydrogens (tertiary/aromatic N) is 2. The highest BCUT2D eigenvalue weighted by atomic mass is 19.1. The van der Waals surface area contributed by atoms with Gasteiger partial charge in [-0.15, -0.1) is 0 Å². The summed E-state index contributed by atoms with van der Waals surface area (Å²) in [5.74, 6) is 0.894. The molecule has 0 radical (unpaired) electrons. The monoisotopic (exact) mass is 482 g/mol. The maximum atomic E-state index is 13.2. The van der Waals surface area contributed by atoms with E-state index < -0.39 is 0 Å². The van der Waals surface area contributed by atoms with Crippen LogP contribution in [0.1, 0.15) is 78.4 Å². The van der Waals surface area contributed by atoms with Crippen LogP contribution in [-0.2, 0) is 15.6 Å². The molecule has 0 aromatic heterocycles. The van der Waals surface area contributed by atoms with Gasteiger partial charge >= 0.3 is 0 Å². The predicted molar refractivity (Wildman–Crippen MR) is 143 cm³/mol. The van der Waals surface area contributed by atoms with E-state index in [9.17, 15) is 9.18 Å². The summed E-state index contributed by atoms with van der Waals surface area (Å²) in [5, 5.41) is 0. The van der Waals surface area contributed by atoms with E-state index >= 15 is 0 Å². The first-order chi connectivity index (χ1) is 16.6. The Balaban J connectivity index is 1.52. The van der Waals surface area contributed by atoms with E-state index in [1.165, 1.54) is 23.3 Å². The summed E-state index contributed by atoms with van der Waals surface area (Å²) in [6.45, 7) is 17.0. The number of benzene rings is 2.